The third kappa shape index (κ3) is 5.90. The molecule has 37 heavy (non-hydrogen) atoms. The number of hydrogen-bond acceptors (Lipinski definition) is 7. The summed E-state index contributed by atoms with van der Waals surface area (Å²) in [4.78, 5) is 25.5. The normalized spacial score (nSPS) is 12.1. The van der Waals surface area contributed by atoms with Gasteiger partial charge in [0.15, 0.2) is 0 Å². The van der Waals surface area contributed by atoms with Gasteiger partial charge in [0.1, 0.15) is 5.75 Å². The Morgan fingerprint density at radius 2 is 1.59 bits per heavy atom. The lowest BCUT2D eigenvalue weighted by Gasteiger charge is -2.14. The Labute approximate surface area is 212 Å². The lowest BCUT2D eigenvalue weighted by Crippen LogP contribution is -2.28. The first-order valence-electron chi connectivity index (χ1n) is 11.4. The van der Waals surface area contributed by atoms with E-state index in [1.807, 2.05) is 26.0 Å². The van der Waals surface area contributed by atoms with Gasteiger partial charge in [-0.1, -0.05) is 26.0 Å². The number of aromatic nitrogens is 1. The minimum Gasteiger partial charge on any atom is -0.466 e. The molecule has 0 fully saturated rings. The lowest BCUT2D eigenvalue weighted by molar-refractivity contribution is -0.142. The van der Waals surface area contributed by atoms with Gasteiger partial charge in [0, 0.05) is 16.8 Å². The molecule has 0 N–H and O–H groups in total. The van der Waals surface area contributed by atoms with Crippen LogP contribution in [0, 0.1) is 0 Å². The van der Waals surface area contributed by atoms with Gasteiger partial charge < -0.3 is 18.2 Å². The summed E-state index contributed by atoms with van der Waals surface area (Å²) in [7, 11) is -5.95. The first-order chi connectivity index (χ1) is 17.3. The maximum absolute atomic E-state index is 13.0. The molecule has 0 spiro atoms. The predicted molar refractivity (Wildman–Crippen MR) is 129 cm³/mol. The molecule has 200 valence electrons. The molecular weight excluding hydrogens is 515 g/mol. The molecule has 0 radical (unpaired) electrons. The Morgan fingerprint density at radius 1 is 0.973 bits per heavy atom. The van der Waals surface area contributed by atoms with Crippen molar-refractivity contribution in [2.45, 2.75) is 45.5 Å². The summed E-state index contributed by atoms with van der Waals surface area (Å²) in [6.07, 6.45) is -0.361. The van der Waals surface area contributed by atoms with Crippen molar-refractivity contribution in [3.8, 4) is 11.4 Å². The molecule has 0 atom stereocenters. The highest BCUT2D eigenvalue weighted by molar-refractivity contribution is 7.88. The number of carbonyl (C=O) groups excluding carboxylic acids is 2. The van der Waals surface area contributed by atoms with Gasteiger partial charge >= 0.3 is 27.6 Å². The van der Waals surface area contributed by atoms with Gasteiger partial charge in [-0.05, 0) is 55.7 Å². The summed E-state index contributed by atoms with van der Waals surface area (Å²) in [5.74, 6) is -1.92. The zero-order chi connectivity index (χ0) is 27.5. The van der Waals surface area contributed by atoms with Gasteiger partial charge in [-0.15, -0.1) is 0 Å². The molecule has 1 aromatic heterocycles. The van der Waals surface area contributed by atoms with E-state index in [1.54, 1.807) is 30.5 Å². The average Bonchev–Trinajstić information content (AvgIpc) is 3.11. The number of alkyl halides is 3. The van der Waals surface area contributed by atoms with Crippen molar-refractivity contribution in [1.82, 2.24) is 4.57 Å². The van der Waals surface area contributed by atoms with Crippen LogP contribution in [-0.4, -0.2) is 43.6 Å². The quantitative estimate of drug-likeness (QED) is 0.207. The van der Waals surface area contributed by atoms with Crippen molar-refractivity contribution in [2.75, 3.05) is 13.2 Å². The number of carbonyl (C=O) groups is 2. The maximum Gasteiger partial charge on any atom is 0.534 e. The summed E-state index contributed by atoms with van der Waals surface area (Å²) in [5, 5.41) is 0.0422. The molecule has 0 aliphatic rings. The van der Waals surface area contributed by atoms with E-state index in [0.717, 1.165) is 17.7 Å². The van der Waals surface area contributed by atoms with Crippen LogP contribution >= 0.6 is 0 Å². The fourth-order valence-corrected chi connectivity index (χ4v) is 4.25. The van der Waals surface area contributed by atoms with Crippen molar-refractivity contribution >= 4 is 33.0 Å². The van der Waals surface area contributed by atoms with Crippen LogP contribution in [0.15, 0.2) is 42.5 Å². The van der Waals surface area contributed by atoms with Gasteiger partial charge in [0.2, 0.25) is 0 Å². The molecule has 1 heterocycles. The fraction of sp³-hybridized carbons (Fsp3) is 0.360. The van der Waals surface area contributed by atoms with Crippen LogP contribution in [0.1, 0.15) is 55.2 Å². The summed E-state index contributed by atoms with van der Waals surface area (Å²) < 4.78 is 77.9. The van der Waals surface area contributed by atoms with Crippen LogP contribution in [0.5, 0.6) is 5.75 Å². The zero-order valence-electron chi connectivity index (χ0n) is 20.6. The number of ether oxygens (including phenoxy) is 2. The van der Waals surface area contributed by atoms with E-state index in [2.05, 4.69) is 4.18 Å². The number of rotatable bonds is 9. The fourth-order valence-electron chi connectivity index (χ4n) is 3.80. The molecule has 0 unspecified atom stereocenters. The number of halogens is 3. The second kappa shape index (κ2) is 10.8. The Hall–Kier alpha value is -3.54. The highest BCUT2D eigenvalue weighted by Gasteiger charge is 2.48. The topological polar surface area (TPSA) is 101 Å². The van der Waals surface area contributed by atoms with E-state index >= 15 is 0 Å². The zero-order valence-corrected chi connectivity index (χ0v) is 21.4. The number of fused-ring (bicyclic) bond motifs is 1. The minimum atomic E-state index is -5.95. The van der Waals surface area contributed by atoms with Crippen LogP contribution in [-0.2, 0) is 30.8 Å². The number of hydrogen-bond donors (Lipinski definition) is 0. The number of esters is 2. The van der Waals surface area contributed by atoms with E-state index in [-0.39, 0.29) is 42.2 Å². The van der Waals surface area contributed by atoms with Crippen LogP contribution in [0.25, 0.3) is 16.6 Å². The standard InChI is InChI=1S/C25H26F3NO7S/c1-5-34-22(30)14-21-23(24(31)35-6-2)19-13-18(36-37(32,33)25(26,27)28)11-12-20(19)29(21)17-9-7-16(8-10-17)15(3)4/h7-13,15H,5-6,14H2,1-4H3. The molecule has 0 aliphatic heterocycles. The summed E-state index contributed by atoms with van der Waals surface area (Å²) in [6.45, 7) is 7.28. The first kappa shape index (κ1) is 28.0. The van der Waals surface area contributed by atoms with Crippen LogP contribution < -0.4 is 4.18 Å². The molecule has 2 aromatic carbocycles. The van der Waals surface area contributed by atoms with Crippen molar-refractivity contribution in [1.29, 1.82) is 0 Å². The highest BCUT2D eigenvalue weighted by Crippen LogP contribution is 2.35. The summed E-state index contributed by atoms with van der Waals surface area (Å²) in [6, 6.07) is 10.6. The van der Waals surface area contributed by atoms with Gasteiger partial charge in [0.05, 0.1) is 30.7 Å². The van der Waals surface area contributed by atoms with Crippen molar-refractivity contribution in [3.63, 3.8) is 0 Å². The van der Waals surface area contributed by atoms with Crippen molar-refractivity contribution in [3.05, 3.63) is 59.3 Å². The van der Waals surface area contributed by atoms with E-state index < -0.39 is 33.3 Å². The molecule has 0 bridgehead atoms. The molecule has 3 aromatic rings. The Balaban J connectivity index is 2.32. The van der Waals surface area contributed by atoms with Crippen LogP contribution in [0.2, 0.25) is 0 Å². The number of nitrogens with zero attached hydrogens (tertiary/aromatic N) is 1. The van der Waals surface area contributed by atoms with E-state index in [4.69, 9.17) is 9.47 Å². The van der Waals surface area contributed by atoms with Crippen molar-refractivity contribution < 1.29 is 44.8 Å². The first-order valence-corrected chi connectivity index (χ1v) is 12.8. The molecule has 0 saturated carbocycles. The molecular formula is C25H26F3NO7S. The average molecular weight is 542 g/mol. The summed E-state index contributed by atoms with van der Waals surface area (Å²) >= 11 is 0. The predicted octanol–water partition coefficient (Wildman–Crippen LogP) is 5.26. The number of benzene rings is 2. The van der Waals surface area contributed by atoms with Gasteiger partial charge in [-0.3, -0.25) is 4.79 Å². The summed E-state index contributed by atoms with van der Waals surface area (Å²) in [5.41, 5.74) is -3.69. The Kier molecular flexibility index (Phi) is 8.21. The van der Waals surface area contributed by atoms with Crippen molar-refractivity contribution in [2.24, 2.45) is 0 Å². The second-order valence-electron chi connectivity index (χ2n) is 8.27. The maximum atomic E-state index is 13.0. The largest absolute Gasteiger partial charge is 0.534 e. The third-order valence-electron chi connectivity index (χ3n) is 5.44. The van der Waals surface area contributed by atoms with Gasteiger partial charge in [-0.25, -0.2) is 4.79 Å². The molecule has 0 aliphatic carbocycles. The highest BCUT2D eigenvalue weighted by atomic mass is 32.2. The minimum absolute atomic E-state index is 0.0217. The van der Waals surface area contributed by atoms with E-state index in [9.17, 15) is 31.2 Å². The van der Waals surface area contributed by atoms with Crippen LogP contribution in [0.4, 0.5) is 13.2 Å². The smallest absolute Gasteiger partial charge is 0.466 e. The monoisotopic (exact) mass is 541 g/mol. The van der Waals surface area contributed by atoms with Gasteiger partial charge in [0.25, 0.3) is 0 Å². The van der Waals surface area contributed by atoms with E-state index in [0.29, 0.717) is 11.2 Å². The lowest BCUT2D eigenvalue weighted by atomic mass is 10.0. The molecule has 0 saturated heterocycles. The Bertz CT molecular complexity index is 1410. The molecule has 0 amide bonds. The van der Waals surface area contributed by atoms with Gasteiger partial charge in [-0.2, -0.15) is 21.6 Å². The second-order valence-corrected chi connectivity index (χ2v) is 9.81. The van der Waals surface area contributed by atoms with Crippen LogP contribution in [0.3, 0.4) is 0 Å². The molecule has 12 heteroatoms. The third-order valence-corrected chi connectivity index (χ3v) is 6.42. The Morgan fingerprint density at radius 3 is 2.14 bits per heavy atom. The SMILES string of the molecule is CCOC(=O)Cc1c(C(=O)OCC)c2cc(OS(=O)(=O)C(F)(F)F)ccc2n1-c1ccc(C(C)C)cc1. The molecule has 3 rings (SSSR count). The van der Waals surface area contributed by atoms with E-state index in [1.165, 1.54) is 6.07 Å². The molecule has 8 nitrogen and oxygen atoms in total.